The molecule has 3 heterocycles. The Morgan fingerprint density at radius 1 is 0.652 bits per heavy atom. The van der Waals surface area contributed by atoms with Gasteiger partial charge >= 0.3 is 0 Å². The molecule has 8 rings (SSSR count). The standard InChI is InChI=1S/C27H28Cl2N2O4.C23H25Cl2N3O3/c1-5-21(32)19-9-15(8-18(19)14-33-2)10-24-30-13-17-11-16(6-7-20(17)31-24)25-26(28)22(34-3)12-23(35-4)27(25)29;1-29-12-16-6-13(10-26-16)7-20-27-11-15-8-14(4-5-17(15)28-20)21-22(24)18(30-2)9-19(31-3)23(21)25/h5-7,11-13,15,18-19H,1,8-10,14H2,2-4H3;4-5,8-9,11,13,16,26H,6-7,10,12H2,1-3H3/t15-,18-,19?;13-,16+/m01/s1. The van der Waals surface area contributed by atoms with E-state index < -0.39 is 0 Å². The highest BCUT2D eigenvalue weighted by atomic mass is 35.5. The molecular weight excluding hydrogens is 924 g/mol. The van der Waals surface area contributed by atoms with E-state index >= 15 is 0 Å². The number of hydrogen-bond donors (Lipinski definition) is 1. The Kier molecular flexibility index (Phi) is 16.6. The maximum absolute atomic E-state index is 12.3. The largest absolute Gasteiger partial charge is 0.495 e. The van der Waals surface area contributed by atoms with Gasteiger partial charge in [0.1, 0.15) is 34.6 Å². The molecule has 348 valence electrons. The molecule has 1 N–H and O–H groups in total. The summed E-state index contributed by atoms with van der Waals surface area (Å²) >= 11 is 26.3. The van der Waals surface area contributed by atoms with Crippen LogP contribution in [0.15, 0.2) is 73.6 Å². The zero-order chi connectivity index (χ0) is 47.1. The number of fused-ring (bicyclic) bond motifs is 2. The second-order valence-electron chi connectivity index (χ2n) is 16.5. The summed E-state index contributed by atoms with van der Waals surface area (Å²) in [7, 11) is 9.62. The van der Waals surface area contributed by atoms with Gasteiger partial charge in [-0.15, -0.1) is 0 Å². The zero-order valence-electron chi connectivity index (χ0n) is 37.8. The minimum Gasteiger partial charge on any atom is -0.495 e. The van der Waals surface area contributed by atoms with Crippen molar-refractivity contribution in [2.24, 2.45) is 23.7 Å². The summed E-state index contributed by atoms with van der Waals surface area (Å²) in [5.74, 6) is 4.65. The first-order valence-corrected chi connectivity index (χ1v) is 23.0. The van der Waals surface area contributed by atoms with E-state index in [0.29, 0.717) is 85.1 Å². The van der Waals surface area contributed by atoms with Crippen molar-refractivity contribution in [1.29, 1.82) is 0 Å². The van der Waals surface area contributed by atoms with Gasteiger partial charge in [-0.3, -0.25) is 4.79 Å². The molecule has 1 unspecified atom stereocenters. The molecular formula is C50H53Cl4N5O7. The molecule has 0 spiro atoms. The summed E-state index contributed by atoms with van der Waals surface area (Å²) in [5.41, 5.74) is 4.65. The normalized spacial score (nSPS) is 19.1. The van der Waals surface area contributed by atoms with Crippen molar-refractivity contribution in [3.63, 3.8) is 0 Å². The number of hydrogen-bond acceptors (Lipinski definition) is 12. The lowest BCUT2D eigenvalue weighted by Gasteiger charge is -2.15. The van der Waals surface area contributed by atoms with E-state index in [2.05, 4.69) is 21.9 Å². The number of ether oxygens (including phenoxy) is 6. The van der Waals surface area contributed by atoms with E-state index in [1.165, 1.54) is 6.08 Å². The Labute approximate surface area is 405 Å². The fourth-order valence-corrected chi connectivity index (χ4v) is 10.6. The molecule has 0 radical (unpaired) electrons. The maximum atomic E-state index is 12.3. The topological polar surface area (TPSA) is 136 Å². The predicted molar refractivity (Wildman–Crippen MR) is 262 cm³/mol. The third-order valence-electron chi connectivity index (χ3n) is 12.3. The summed E-state index contributed by atoms with van der Waals surface area (Å²) in [6.07, 6.45) is 9.43. The molecule has 66 heavy (non-hydrogen) atoms. The first-order valence-electron chi connectivity index (χ1n) is 21.5. The van der Waals surface area contributed by atoms with Gasteiger partial charge in [0.15, 0.2) is 5.78 Å². The van der Waals surface area contributed by atoms with Crippen molar-refractivity contribution in [3.8, 4) is 45.3 Å². The molecule has 1 saturated carbocycles. The van der Waals surface area contributed by atoms with Crippen LogP contribution in [0.3, 0.4) is 0 Å². The highest BCUT2D eigenvalue weighted by Gasteiger charge is 2.38. The van der Waals surface area contributed by atoms with Crippen molar-refractivity contribution < 1.29 is 33.2 Å². The number of aromatic nitrogens is 4. The number of ketones is 1. The highest BCUT2D eigenvalue weighted by molar-refractivity contribution is 6.42. The van der Waals surface area contributed by atoms with Crippen LogP contribution in [0.4, 0.5) is 0 Å². The molecule has 1 saturated heterocycles. The first-order chi connectivity index (χ1) is 31.9. The number of nitrogens with one attached hydrogen (secondary N) is 1. The molecule has 4 aromatic carbocycles. The van der Waals surface area contributed by atoms with Gasteiger partial charge in [-0.05, 0) is 85.0 Å². The highest BCUT2D eigenvalue weighted by Crippen LogP contribution is 2.48. The van der Waals surface area contributed by atoms with Crippen LogP contribution in [0, 0.1) is 23.7 Å². The predicted octanol–water partition coefficient (Wildman–Crippen LogP) is 11.0. The number of allylic oxidation sites excluding steroid dienone is 1. The minimum atomic E-state index is -0.0465. The van der Waals surface area contributed by atoms with Crippen molar-refractivity contribution in [2.45, 2.75) is 38.1 Å². The van der Waals surface area contributed by atoms with Gasteiger partial charge in [0.05, 0.1) is 66.2 Å². The van der Waals surface area contributed by atoms with Crippen molar-refractivity contribution >= 4 is 74.0 Å². The van der Waals surface area contributed by atoms with Crippen molar-refractivity contribution in [3.05, 3.63) is 105 Å². The smallest absolute Gasteiger partial charge is 0.158 e. The Morgan fingerprint density at radius 3 is 1.56 bits per heavy atom. The number of carbonyl (C=O) groups excluding carboxylic acids is 1. The van der Waals surface area contributed by atoms with Crippen LogP contribution in [0.25, 0.3) is 44.1 Å². The van der Waals surface area contributed by atoms with Crippen LogP contribution in [-0.2, 0) is 27.1 Å². The van der Waals surface area contributed by atoms with Crippen LogP contribution in [0.2, 0.25) is 20.1 Å². The van der Waals surface area contributed by atoms with Crippen LogP contribution in [0.5, 0.6) is 23.0 Å². The van der Waals surface area contributed by atoms with Crippen LogP contribution in [-0.4, -0.2) is 94.2 Å². The molecule has 5 atom stereocenters. The van der Waals surface area contributed by atoms with Crippen molar-refractivity contribution in [1.82, 2.24) is 25.3 Å². The zero-order valence-corrected chi connectivity index (χ0v) is 40.8. The van der Waals surface area contributed by atoms with E-state index in [9.17, 15) is 4.79 Å². The maximum Gasteiger partial charge on any atom is 0.158 e. The number of carbonyl (C=O) groups is 1. The lowest BCUT2D eigenvalue weighted by Crippen LogP contribution is -2.25. The number of benzene rings is 4. The molecule has 2 fully saturated rings. The summed E-state index contributed by atoms with van der Waals surface area (Å²) in [5, 5.41) is 6.96. The van der Waals surface area contributed by atoms with E-state index in [1.807, 2.05) is 48.8 Å². The second kappa shape index (κ2) is 22.3. The van der Waals surface area contributed by atoms with Gasteiger partial charge in [-0.1, -0.05) is 65.1 Å². The van der Waals surface area contributed by atoms with Gasteiger partial charge in [0.25, 0.3) is 0 Å². The molecule has 0 amide bonds. The molecule has 12 nitrogen and oxygen atoms in total. The van der Waals surface area contributed by atoms with E-state index in [0.717, 1.165) is 83.4 Å². The third-order valence-corrected chi connectivity index (χ3v) is 13.8. The SMILES string of the molecule is C=CC(=O)C1C[C@@H](Cc2ncc3cc(-c4c(Cl)c(OC)cc(OC)c4Cl)ccc3n2)C[C@H]1COC.COC[C@@H]1C[C@H](Cc2ncc3cc(-c4c(Cl)c(OC)cc(OC)c4Cl)ccc3n2)CN1. The second-order valence-corrected chi connectivity index (χ2v) is 18.0. The molecule has 1 aliphatic carbocycles. The Hall–Kier alpha value is -4.79. The number of halogens is 4. The fourth-order valence-electron chi connectivity index (χ4n) is 9.14. The summed E-state index contributed by atoms with van der Waals surface area (Å²) in [6.45, 7) is 5.92. The van der Waals surface area contributed by atoms with Crippen LogP contribution in [0.1, 0.15) is 30.9 Å². The van der Waals surface area contributed by atoms with E-state index in [-0.39, 0.29) is 17.6 Å². The van der Waals surface area contributed by atoms with Gasteiger partial charge in [0.2, 0.25) is 0 Å². The van der Waals surface area contributed by atoms with Crippen LogP contribution < -0.4 is 24.3 Å². The van der Waals surface area contributed by atoms with Gasteiger partial charge < -0.3 is 33.7 Å². The molecule has 16 heteroatoms. The fraction of sp³-hybridized carbons (Fsp3) is 0.380. The summed E-state index contributed by atoms with van der Waals surface area (Å²) in [6, 6.07) is 15.5. The summed E-state index contributed by atoms with van der Waals surface area (Å²) < 4.78 is 32.2. The molecule has 0 bridgehead atoms. The minimum absolute atomic E-state index is 0.0465. The third kappa shape index (κ3) is 10.8. The first kappa shape index (κ1) is 49.1. The Bertz CT molecular complexity index is 2670. The monoisotopic (exact) mass is 975 g/mol. The number of rotatable bonds is 16. The van der Waals surface area contributed by atoms with E-state index in [4.69, 9.17) is 84.8 Å². The Morgan fingerprint density at radius 2 is 1.12 bits per heavy atom. The number of methoxy groups -OCH3 is 6. The molecule has 6 aromatic rings. The van der Waals surface area contributed by atoms with Gasteiger partial charge in [0, 0.05) is 92.1 Å². The lowest BCUT2D eigenvalue weighted by molar-refractivity contribution is -0.119. The molecule has 2 aromatic heterocycles. The lowest BCUT2D eigenvalue weighted by atomic mass is 9.92. The van der Waals surface area contributed by atoms with E-state index in [1.54, 1.807) is 54.8 Å². The molecule has 1 aliphatic heterocycles. The molecule has 2 aliphatic rings. The quantitative estimate of drug-likeness (QED) is 0.0925. The van der Waals surface area contributed by atoms with Crippen LogP contribution >= 0.6 is 46.4 Å². The average molecular weight is 978 g/mol. The average Bonchev–Trinajstić information content (AvgIpc) is 3.95. The van der Waals surface area contributed by atoms with Gasteiger partial charge in [-0.2, -0.15) is 0 Å². The summed E-state index contributed by atoms with van der Waals surface area (Å²) in [4.78, 5) is 31.1. The van der Waals surface area contributed by atoms with Gasteiger partial charge in [-0.25, -0.2) is 19.9 Å². The number of nitrogens with zero attached hydrogens (tertiary/aromatic N) is 4. The van der Waals surface area contributed by atoms with Crippen molar-refractivity contribution in [2.75, 3.05) is 62.4 Å². The Balaban J connectivity index is 0.000000198.